The second kappa shape index (κ2) is 7.93. The van der Waals surface area contributed by atoms with Crippen LogP contribution in [0.15, 0.2) is 48.7 Å². The average Bonchev–Trinajstić information content (AvgIpc) is 2.63. The summed E-state index contributed by atoms with van der Waals surface area (Å²) in [6.45, 7) is 6.72. The Labute approximate surface area is 142 Å². The Morgan fingerprint density at radius 1 is 1.08 bits per heavy atom. The lowest BCUT2D eigenvalue weighted by Crippen LogP contribution is -2.49. The predicted molar refractivity (Wildman–Crippen MR) is 93.3 cm³/mol. The van der Waals surface area contributed by atoms with Crippen LogP contribution in [0.5, 0.6) is 5.75 Å². The number of para-hydroxylation sites is 1. The molecule has 2 heterocycles. The van der Waals surface area contributed by atoms with Gasteiger partial charge in [0, 0.05) is 44.6 Å². The van der Waals surface area contributed by atoms with Gasteiger partial charge >= 0.3 is 0 Å². The second-order valence-electron chi connectivity index (χ2n) is 5.98. The van der Waals surface area contributed by atoms with E-state index in [1.54, 1.807) is 6.20 Å². The lowest BCUT2D eigenvalue weighted by atomic mass is 10.2. The van der Waals surface area contributed by atoms with Gasteiger partial charge in [-0.25, -0.2) is 0 Å². The molecule has 0 saturated carbocycles. The second-order valence-corrected chi connectivity index (χ2v) is 5.98. The molecule has 0 spiro atoms. The maximum absolute atomic E-state index is 12.5. The molecule has 1 fully saturated rings. The highest BCUT2D eigenvalue weighted by Gasteiger charge is 2.22. The van der Waals surface area contributed by atoms with E-state index in [1.165, 1.54) is 0 Å². The smallest absolute Gasteiger partial charge is 0.255 e. The van der Waals surface area contributed by atoms with Gasteiger partial charge in [-0.05, 0) is 31.2 Å². The summed E-state index contributed by atoms with van der Waals surface area (Å²) in [5, 5.41) is 0. The predicted octanol–water partition coefficient (Wildman–Crippen LogP) is 2.23. The van der Waals surface area contributed by atoms with Crippen molar-refractivity contribution in [1.82, 2.24) is 14.8 Å². The normalized spacial score (nSPS) is 15.3. The van der Waals surface area contributed by atoms with E-state index < -0.39 is 0 Å². The molecular weight excluding hydrogens is 302 g/mol. The van der Waals surface area contributed by atoms with Crippen molar-refractivity contribution in [3.8, 4) is 5.75 Å². The van der Waals surface area contributed by atoms with Crippen LogP contribution in [0.1, 0.15) is 16.1 Å². The Hall–Kier alpha value is -2.40. The monoisotopic (exact) mass is 325 g/mol. The van der Waals surface area contributed by atoms with Crippen LogP contribution in [0, 0.1) is 6.92 Å². The Bertz CT molecular complexity index is 650. The fraction of sp³-hybridized carbons (Fsp3) is 0.368. The average molecular weight is 325 g/mol. The first kappa shape index (κ1) is 16.5. The van der Waals surface area contributed by atoms with E-state index >= 15 is 0 Å². The lowest BCUT2D eigenvalue weighted by Gasteiger charge is -2.34. The molecule has 1 saturated heterocycles. The molecule has 24 heavy (non-hydrogen) atoms. The molecule has 0 bridgehead atoms. The molecular formula is C19H23N3O2. The number of aromatic nitrogens is 1. The number of amides is 1. The zero-order chi connectivity index (χ0) is 16.8. The highest BCUT2D eigenvalue weighted by atomic mass is 16.5. The minimum Gasteiger partial charge on any atom is -0.492 e. The summed E-state index contributed by atoms with van der Waals surface area (Å²) in [5.41, 5.74) is 1.59. The summed E-state index contributed by atoms with van der Waals surface area (Å²) >= 11 is 0. The number of aryl methyl sites for hydroxylation is 1. The molecule has 0 atom stereocenters. The SMILES string of the molecule is Cc1ccc(C(=O)N2CCN(CCOc3ccccc3)CC2)cn1. The van der Waals surface area contributed by atoms with Crippen LogP contribution in [-0.2, 0) is 0 Å². The molecule has 1 aliphatic rings. The van der Waals surface area contributed by atoms with Crippen molar-refractivity contribution < 1.29 is 9.53 Å². The van der Waals surface area contributed by atoms with Gasteiger partial charge in [-0.2, -0.15) is 0 Å². The molecule has 5 nitrogen and oxygen atoms in total. The molecule has 0 N–H and O–H groups in total. The number of benzene rings is 1. The van der Waals surface area contributed by atoms with Gasteiger partial charge < -0.3 is 9.64 Å². The van der Waals surface area contributed by atoms with E-state index in [4.69, 9.17) is 4.74 Å². The molecule has 1 aromatic heterocycles. The molecule has 0 unspecified atom stereocenters. The van der Waals surface area contributed by atoms with Crippen molar-refractivity contribution in [2.75, 3.05) is 39.3 Å². The van der Waals surface area contributed by atoms with Crippen molar-refractivity contribution in [2.45, 2.75) is 6.92 Å². The molecule has 2 aromatic rings. The van der Waals surface area contributed by atoms with Gasteiger partial charge in [-0.1, -0.05) is 18.2 Å². The first-order valence-corrected chi connectivity index (χ1v) is 8.34. The molecule has 1 aromatic carbocycles. The zero-order valence-electron chi connectivity index (χ0n) is 14.0. The van der Waals surface area contributed by atoms with Crippen LogP contribution in [0.3, 0.4) is 0 Å². The van der Waals surface area contributed by atoms with Gasteiger partial charge in [0.25, 0.3) is 5.91 Å². The largest absolute Gasteiger partial charge is 0.492 e. The minimum absolute atomic E-state index is 0.0719. The van der Waals surface area contributed by atoms with E-state index in [0.717, 1.165) is 44.2 Å². The molecule has 0 aliphatic carbocycles. The van der Waals surface area contributed by atoms with Crippen LogP contribution in [0.2, 0.25) is 0 Å². The van der Waals surface area contributed by atoms with E-state index in [2.05, 4.69) is 9.88 Å². The van der Waals surface area contributed by atoms with Gasteiger partial charge in [-0.15, -0.1) is 0 Å². The van der Waals surface area contributed by atoms with Crippen LogP contribution in [0.25, 0.3) is 0 Å². The molecule has 5 heteroatoms. The number of hydrogen-bond donors (Lipinski definition) is 0. The van der Waals surface area contributed by atoms with Gasteiger partial charge in [0.05, 0.1) is 5.56 Å². The Morgan fingerprint density at radius 2 is 1.83 bits per heavy atom. The maximum Gasteiger partial charge on any atom is 0.255 e. The lowest BCUT2D eigenvalue weighted by molar-refractivity contribution is 0.0620. The highest BCUT2D eigenvalue weighted by Crippen LogP contribution is 2.10. The Morgan fingerprint density at radius 3 is 2.50 bits per heavy atom. The summed E-state index contributed by atoms with van der Waals surface area (Å²) in [5.74, 6) is 0.973. The number of hydrogen-bond acceptors (Lipinski definition) is 4. The number of piperazine rings is 1. The molecule has 3 rings (SSSR count). The number of ether oxygens (including phenoxy) is 1. The number of carbonyl (C=O) groups excluding carboxylic acids is 1. The third-order valence-electron chi connectivity index (χ3n) is 4.24. The zero-order valence-corrected chi connectivity index (χ0v) is 14.0. The van der Waals surface area contributed by atoms with Crippen molar-refractivity contribution in [1.29, 1.82) is 0 Å². The van der Waals surface area contributed by atoms with Crippen LogP contribution in [0.4, 0.5) is 0 Å². The molecule has 1 aliphatic heterocycles. The van der Waals surface area contributed by atoms with Crippen LogP contribution >= 0.6 is 0 Å². The summed E-state index contributed by atoms with van der Waals surface area (Å²) in [4.78, 5) is 20.9. The molecule has 0 radical (unpaired) electrons. The first-order valence-electron chi connectivity index (χ1n) is 8.34. The fourth-order valence-corrected chi connectivity index (χ4v) is 2.76. The standard InChI is InChI=1S/C19H23N3O2/c1-16-7-8-17(15-20-16)19(23)22-11-9-21(10-12-22)13-14-24-18-5-3-2-4-6-18/h2-8,15H,9-14H2,1H3. The van der Waals surface area contributed by atoms with Gasteiger partial charge in [0.2, 0.25) is 0 Å². The summed E-state index contributed by atoms with van der Waals surface area (Å²) in [7, 11) is 0. The maximum atomic E-state index is 12.5. The summed E-state index contributed by atoms with van der Waals surface area (Å²) in [6, 6.07) is 13.6. The molecule has 126 valence electrons. The van der Waals surface area contributed by atoms with E-state index in [-0.39, 0.29) is 5.91 Å². The van der Waals surface area contributed by atoms with Gasteiger partial charge in [-0.3, -0.25) is 14.7 Å². The van der Waals surface area contributed by atoms with E-state index in [0.29, 0.717) is 12.2 Å². The van der Waals surface area contributed by atoms with Crippen LogP contribution in [-0.4, -0.2) is 60.0 Å². The van der Waals surface area contributed by atoms with E-state index in [9.17, 15) is 4.79 Å². The first-order chi connectivity index (χ1) is 11.7. The van der Waals surface area contributed by atoms with Crippen molar-refractivity contribution in [3.05, 3.63) is 59.9 Å². The minimum atomic E-state index is 0.0719. The van der Waals surface area contributed by atoms with Gasteiger partial charge in [0.15, 0.2) is 0 Å². The van der Waals surface area contributed by atoms with Gasteiger partial charge in [0.1, 0.15) is 12.4 Å². The fourth-order valence-electron chi connectivity index (χ4n) is 2.76. The topological polar surface area (TPSA) is 45.7 Å². The number of rotatable bonds is 5. The number of pyridine rings is 1. The third kappa shape index (κ3) is 4.32. The highest BCUT2D eigenvalue weighted by molar-refractivity contribution is 5.94. The Balaban J connectivity index is 1.42. The third-order valence-corrected chi connectivity index (χ3v) is 4.24. The summed E-state index contributed by atoms with van der Waals surface area (Å²) in [6.07, 6.45) is 1.66. The van der Waals surface area contributed by atoms with E-state index in [1.807, 2.05) is 54.3 Å². The van der Waals surface area contributed by atoms with Crippen molar-refractivity contribution in [3.63, 3.8) is 0 Å². The van der Waals surface area contributed by atoms with Crippen LogP contribution < -0.4 is 4.74 Å². The Kier molecular flexibility index (Phi) is 5.43. The summed E-state index contributed by atoms with van der Waals surface area (Å²) < 4.78 is 5.73. The van der Waals surface area contributed by atoms with Crippen molar-refractivity contribution >= 4 is 5.91 Å². The quantitative estimate of drug-likeness (QED) is 0.846. The van der Waals surface area contributed by atoms with Crippen molar-refractivity contribution in [2.24, 2.45) is 0 Å². The number of carbonyl (C=O) groups is 1. The number of nitrogens with zero attached hydrogens (tertiary/aromatic N) is 3. The molecule has 1 amide bonds.